The number of aliphatic hydroxyl groups is 1. The van der Waals surface area contributed by atoms with Crippen molar-refractivity contribution in [3.8, 4) is 0 Å². The van der Waals surface area contributed by atoms with Crippen molar-refractivity contribution in [2.24, 2.45) is 0 Å². The van der Waals surface area contributed by atoms with Gasteiger partial charge in [0.25, 0.3) is 0 Å². The van der Waals surface area contributed by atoms with Gasteiger partial charge in [-0.15, -0.1) is 0 Å². The molecule has 0 spiro atoms. The van der Waals surface area contributed by atoms with E-state index in [-0.39, 0.29) is 22.0 Å². The van der Waals surface area contributed by atoms with Gasteiger partial charge in [-0.3, -0.25) is 0 Å². The molecule has 1 N–H and O–H groups in total. The number of nitrogens with zero attached hydrogens (tertiary/aromatic N) is 1. The van der Waals surface area contributed by atoms with Crippen molar-refractivity contribution < 1.29 is 17.9 Å². The van der Waals surface area contributed by atoms with Crippen LogP contribution in [0, 0.1) is 12.7 Å². The minimum absolute atomic E-state index is 0.124. The van der Waals surface area contributed by atoms with Gasteiger partial charge in [0.1, 0.15) is 10.7 Å². The van der Waals surface area contributed by atoms with Gasteiger partial charge in [0.2, 0.25) is 10.0 Å². The molecule has 0 fully saturated rings. The van der Waals surface area contributed by atoms with E-state index in [1.54, 1.807) is 6.92 Å². The van der Waals surface area contributed by atoms with Crippen LogP contribution in [0.4, 0.5) is 4.39 Å². The molecule has 0 aliphatic carbocycles. The molecular weight excluding hydrogens is 293 g/mol. The van der Waals surface area contributed by atoms with Crippen molar-refractivity contribution >= 4 is 21.6 Å². The standard InChI is InChI=1S/C12H17ClFNO3S/c1-8-6-12(10(13)7-11(8)14)19(17,18)15(3)5-4-9(2)16/h6-7,9,16H,4-5H2,1-3H3. The fraction of sp³-hybridized carbons (Fsp3) is 0.500. The number of aryl methyl sites for hydroxylation is 1. The SMILES string of the molecule is Cc1cc(S(=O)(=O)N(C)CCC(C)O)c(Cl)cc1F. The smallest absolute Gasteiger partial charge is 0.244 e. The molecule has 0 heterocycles. The van der Waals surface area contributed by atoms with Crippen molar-refractivity contribution in [1.82, 2.24) is 4.31 Å². The van der Waals surface area contributed by atoms with Crippen LogP contribution < -0.4 is 0 Å². The minimum atomic E-state index is -3.78. The van der Waals surface area contributed by atoms with Gasteiger partial charge in [-0.25, -0.2) is 17.1 Å². The molecular formula is C12H17ClFNO3S. The summed E-state index contributed by atoms with van der Waals surface area (Å²) in [7, 11) is -2.39. The third-order valence-corrected chi connectivity index (χ3v) is 5.08. The highest BCUT2D eigenvalue weighted by atomic mass is 35.5. The Morgan fingerprint density at radius 2 is 2.05 bits per heavy atom. The Labute approximate surface area is 117 Å². The van der Waals surface area contributed by atoms with Crippen LogP contribution in [-0.2, 0) is 10.0 Å². The van der Waals surface area contributed by atoms with Gasteiger partial charge >= 0.3 is 0 Å². The number of rotatable bonds is 5. The zero-order valence-electron chi connectivity index (χ0n) is 11.0. The Morgan fingerprint density at radius 1 is 1.47 bits per heavy atom. The van der Waals surface area contributed by atoms with Crippen molar-refractivity contribution in [2.45, 2.75) is 31.3 Å². The van der Waals surface area contributed by atoms with E-state index in [4.69, 9.17) is 11.6 Å². The zero-order valence-corrected chi connectivity index (χ0v) is 12.6. The van der Waals surface area contributed by atoms with Gasteiger partial charge < -0.3 is 5.11 Å². The molecule has 4 nitrogen and oxygen atoms in total. The van der Waals surface area contributed by atoms with Crippen LogP contribution in [0.2, 0.25) is 5.02 Å². The van der Waals surface area contributed by atoms with Crippen molar-refractivity contribution in [3.63, 3.8) is 0 Å². The highest BCUT2D eigenvalue weighted by Gasteiger charge is 2.24. The molecule has 1 unspecified atom stereocenters. The largest absolute Gasteiger partial charge is 0.393 e. The quantitative estimate of drug-likeness (QED) is 0.907. The lowest BCUT2D eigenvalue weighted by atomic mass is 10.2. The molecule has 1 aromatic carbocycles. The molecule has 0 radical (unpaired) electrons. The van der Waals surface area contributed by atoms with E-state index in [1.165, 1.54) is 20.0 Å². The molecule has 108 valence electrons. The first-order valence-electron chi connectivity index (χ1n) is 5.76. The van der Waals surface area contributed by atoms with E-state index < -0.39 is 21.9 Å². The molecule has 0 saturated heterocycles. The van der Waals surface area contributed by atoms with E-state index in [9.17, 15) is 17.9 Å². The second kappa shape index (κ2) is 6.17. The summed E-state index contributed by atoms with van der Waals surface area (Å²) < 4.78 is 38.9. The average Bonchev–Trinajstić information content (AvgIpc) is 2.30. The maximum absolute atomic E-state index is 13.3. The molecule has 0 aliphatic heterocycles. The predicted molar refractivity (Wildman–Crippen MR) is 72.3 cm³/mol. The van der Waals surface area contributed by atoms with Gasteiger partial charge in [0.15, 0.2) is 0 Å². The van der Waals surface area contributed by atoms with Crippen LogP contribution in [0.25, 0.3) is 0 Å². The minimum Gasteiger partial charge on any atom is -0.393 e. The normalized spacial score (nSPS) is 13.8. The second-order valence-corrected chi connectivity index (χ2v) is 6.92. The topological polar surface area (TPSA) is 57.6 Å². The summed E-state index contributed by atoms with van der Waals surface area (Å²) in [5.41, 5.74) is 0.215. The van der Waals surface area contributed by atoms with E-state index in [0.29, 0.717) is 6.42 Å². The molecule has 1 rings (SSSR count). The Bertz CT molecular complexity index is 560. The van der Waals surface area contributed by atoms with Crippen molar-refractivity contribution in [2.75, 3.05) is 13.6 Å². The molecule has 19 heavy (non-hydrogen) atoms. The zero-order chi connectivity index (χ0) is 14.8. The van der Waals surface area contributed by atoms with Gasteiger partial charge in [-0.1, -0.05) is 11.6 Å². The summed E-state index contributed by atoms with van der Waals surface area (Å²) in [5, 5.41) is 9.03. The molecule has 0 amide bonds. The third kappa shape index (κ3) is 3.89. The molecule has 7 heteroatoms. The Kier molecular flexibility index (Phi) is 5.32. The number of aliphatic hydroxyl groups excluding tert-OH is 1. The summed E-state index contributed by atoms with van der Waals surface area (Å²) in [4.78, 5) is -0.124. The van der Waals surface area contributed by atoms with Crippen LogP contribution in [0.3, 0.4) is 0 Å². The lowest BCUT2D eigenvalue weighted by Gasteiger charge is -2.19. The van der Waals surface area contributed by atoms with Crippen LogP contribution >= 0.6 is 11.6 Å². The van der Waals surface area contributed by atoms with Crippen LogP contribution in [0.5, 0.6) is 0 Å². The fourth-order valence-corrected chi connectivity index (χ4v) is 3.24. The maximum Gasteiger partial charge on any atom is 0.244 e. The molecule has 0 aliphatic rings. The Morgan fingerprint density at radius 3 is 2.58 bits per heavy atom. The van der Waals surface area contributed by atoms with E-state index in [2.05, 4.69) is 0 Å². The molecule has 0 aromatic heterocycles. The maximum atomic E-state index is 13.3. The summed E-state index contributed by atoms with van der Waals surface area (Å²) in [6, 6.07) is 2.21. The van der Waals surface area contributed by atoms with Crippen molar-refractivity contribution in [1.29, 1.82) is 0 Å². The van der Waals surface area contributed by atoms with E-state index in [1.807, 2.05) is 0 Å². The summed E-state index contributed by atoms with van der Waals surface area (Å²) in [6.07, 6.45) is -0.281. The van der Waals surface area contributed by atoms with Crippen LogP contribution in [-0.4, -0.2) is 37.5 Å². The van der Waals surface area contributed by atoms with Gasteiger partial charge in [-0.05, 0) is 38.0 Å². The number of hydrogen-bond acceptors (Lipinski definition) is 3. The van der Waals surface area contributed by atoms with Gasteiger partial charge in [0.05, 0.1) is 11.1 Å². The van der Waals surface area contributed by atoms with Gasteiger partial charge in [-0.2, -0.15) is 0 Å². The number of hydrogen-bond donors (Lipinski definition) is 1. The number of sulfonamides is 1. The summed E-state index contributed by atoms with van der Waals surface area (Å²) >= 11 is 5.80. The van der Waals surface area contributed by atoms with Crippen LogP contribution in [0.15, 0.2) is 17.0 Å². The number of halogens is 2. The van der Waals surface area contributed by atoms with E-state index >= 15 is 0 Å². The molecule has 1 aromatic rings. The highest BCUT2D eigenvalue weighted by molar-refractivity contribution is 7.89. The van der Waals surface area contributed by atoms with Crippen LogP contribution in [0.1, 0.15) is 18.9 Å². The third-order valence-electron chi connectivity index (χ3n) is 2.76. The first-order valence-corrected chi connectivity index (χ1v) is 7.58. The molecule has 0 saturated carbocycles. The average molecular weight is 310 g/mol. The predicted octanol–water partition coefficient (Wildman–Crippen LogP) is 2.18. The van der Waals surface area contributed by atoms with E-state index in [0.717, 1.165) is 10.4 Å². The Balaban J connectivity index is 3.10. The van der Waals surface area contributed by atoms with Gasteiger partial charge in [0, 0.05) is 13.6 Å². The highest BCUT2D eigenvalue weighted by Crippen LogP contribution is 2.27. The summed E-state index contributed by atoms with van der Waals surface area (Å²) in [5.74, 6) is -0.546. The summed E-state index contributed by atoms with van der Waals surface area (Å²) in [6.45, 7) is 3.21. The van der Waals surface area contributed by atoms with Crippen molar-refractivity contribution in [3.05, 3.63) is 28.5 Å². The fourth-order valence-electron chi connectivity index (χ4n) is 1.49. The molecule has 0 bridgehead atoms. The molecule has 1 atom stereocenters. The first-order chi connectivity index (χ1) is 8.66. The lowest BCUT2D eigenvalue weighted by molar-refractivity contribution is 0.177. The lowest BCUT2D eigenvalue weighted by Crippen LogP contribution is -2.30. The first kappa shape index (κ1) is 16.4. The number of benzene rings is 1. The second-order valence-electron chi connectivity index (χ2n) is 4.50. The monoisotopic (exact) mass is 309 g/mol. The Hall–Kier alpha value is -0.690.